The lowest BCUT2D eigenvalue weighted by molar-refractivity contribution is -0.131. The number of benzene rings is 1. The van der Waals surface area contributed by atoms with E-state index in [2.05, 4.69) is 0 Å². The maximum atomic E-state index is 13.0. The zero-order valence-corrected chi connectivity index (χ0v) is 10.0. The SMILES string of the molecule is NC1CCN(C(=O)Cc2cc(F)cc(F)c2)CC1. The molecule has 98 valence electrons. The first-order chi connectivity index (χ1) is 8.54. The first-order valence-electron chi connectivity index (χ1n) is 6.03. The first kappa shape index (κ1) is 13.0. The minimum atomic E-state index is -0.654. The van der Waals surface area contributed by atoms with E-state index in [4.69, 9.17) is 5.73 Å². The predicted molar refractivity (Wildman–Crippen MR) is 63.9 cm³/mol. The Bertz CT molecular complexity index is 422. The van der Waals surface area contributed by atoms with Crippen molar-refractivity contribution >= 4 is 5.91 Å². The van der Waals surface area contributed by atoms with E-state index >= 15 is 0 Å². The van der Waals surface area contributed by atoms with Crippen molar-refractivity contribution in [3.05, 3.63) is 35.4 Å². The molecule has 1 amide bonds. The molecule has 1 aliphatic heterocycles. The second-order valence-electron chi connectivity index (χ2n) is 4.67. The van der Waals surface area contributed by atoms with Crippen LogP contribution in [0.4, 0.5) is 8.78 Å². The number of carbonyl (C=O) groups is 1. The average Bonchev–Trinajstić information content (AvgIpc) is 2.28. The minimum Gasteiger partial charge on any atom is -0.342 e. The lowest BCUT2D eigenvalue weighted by Crippen LogP contribution is -2.43. The van der Waals surface area contributed by atoms with Crippen molar-refractivity contribution in [2.24, 2.45) is 5.73 Å². The van der Waals surface area contributed by atoms with E-state index in [0.717, 1.165) is 18.9 Å². The predicted octanol–water partition coefficient (Wildman–Crippen LogP) is 1.46. The van der Waals surface area contributed by atoms with Crippen LogP contribution in [0.15, 0.2) is 18.2 Å². The lowest BCUT2D eigenvalue weighted by Gasteiger charge is -2.30. The van der Waals surface area contributed by atoms with Crippen molar-refractivity contribution in [2.75, 3.05) is 13.1 Å². The van der Waals surface area contributed by atoms with Crippen LogP contribution < -0.4 is 5.73 Å². The summed E-state index contributed by atoms with van der Waals surface area (Å²) in [6.45, 7) is 1.25. The van der Waals surface area contributed by atoms with Crippen LogP contribution in [0.3, 0.4) is 0 Å². The van der Waals surface area contributed by atoms with Gasteiger partial charge in [0, 0.05) is 25.2 Å². The number of rotatable bonds is 2. The van der Waals surface area contributed by atoms with Gasteiger partial charge in [-0.1, -0.05) is 0 Å². The van der Waals surface area contributed by atoms with Crippen LogP contribution in [0.5, 0.6) is 0 Å². The van der Waals surface area contributed by atoms with Crippen LogP contribution in [0.1, 0.15) is 18.4 Å². The molecule has 0 radical (unpaired) electrons. The van der Waals surface area contributed by atoms with Gasteiger partial charge in [-0.05, 0) is 30.5 Å². The van der Waals surface area contributed by atoms with Gasteiger partial charge in [-0.2, -0.15) is 0 Å². The van der Waals surface area contributed by atoms with E-state index in [-0.39, 0.29) is 18.4 Å². The molecule has 1 aromatic carbocycles. The summed E-state index contributed by atoms with van der Waals surface area (Å²) >= 11 is 0. The largest absolute Gasteiger partial charge is 0.342 e. The van der Waals surface area contributed by atoms with Gasteiger partial charge in [0.1, 0.15) is 11.6 Å². The summed E-state index contributed by atoms with van der Waals surface area (Å²) in [5.41, 5.74) is 6.12. The molecular formula is C13H16F2N2O. The zero-order chi connectivity index (χ0) is 13.1. The molecule has 1 saturated heterocycles. The molecule has 18 heavy (non-hydrogen) atoms. The number of nitrogens with zero attached hydrogens (tertiary/aromatic N) is 1. The zero-order valence-electron chi connectivity index (χ0n) is 10.0. The fraction of sp³-hybridized carbons (Fsp3) is 0.462. The molecule has 2 N–H and O–H groups in total. The van der Waals surface area contributed by atoms with Crippen LogP contribution >= 0.6 is 0 Å². The Labute approximate surface area is 105 Å². The normalized spacial score (nSPS) is 16.9. The second-order valence-corrected chi connectivity index (χ2v) is 4.67. The molecule has 3 nitrogen and oxygen atoms in total. The number of amides is 1. The van der Waals surface area contributed by atoms with Gasteiger partial charge in [-0.25, -0.2) is 8.78 Å². The van der Waals surface area contributed by atoms with Gasteiger partial charge >= 0.3 is 0 Å². The van der Waals surface area contributed by atoms with Gasteiger partial charge in [0.2, 0.25) is 5.91 Å². The van der Waals surface area contributed by atoms with Gasteiger partial charge in [0.25, 0.3) is 0 Å². The van der Waals surface area contributed by atoms with E-state index in [0.29, 0.717) is 18.7 Å². The van der Waals surface area contributed by atoms with Gasteiger partial charge in [0.05, 0.1) is 6.42 Å². The van der Waals surface area contributed by atoms with Crippen LogP contribution in [-0.4, -0.2) is 29.9 Å². The molecular weight excluding hydrogens is 238 g/mol. The summed E-state index contributed by atoms with van der Waals surface area (Å²) in [7, 11) is 0. The van der Waals surface area contributed by atoms with Crippen LogP contribution in [-0.2, 0) is 11.2 Å². The highest BCUT2D eigenvalue weighted by molar-refractivity contribution is 5.78. The molecule has 0 unspecified atom stereocenters. The highest BCUT2D eigenvalue weighted by Crippen LogP contribution is 2.13. The third-order valence-corrected chi connectivity index (χ3v) is 3.17. The summed E-state index contributed by atoms with van der Waals surface area (Å²) in [5, 5.41) is 0. The van der Waals surface area contributed by atoms with Crippen molar-refractivity contribution in [3.63, 3.8) is 0 Å². The average molecular weight is 254 g/mol. The molecule has 0 bridgehead atoms. The third-order valence-electron chi connectivity index (χ3n) is 3.17. The fourth-order valence-electron chi connectivity index (χ4n) is 2.15. The van der Waals surface area contributed by atoms with E-state index in [1.807, 2.05) is 0 Å². The first-order valence-corrected chi connectivity index (χ1v) is 6.03. The molecule has 0 spiro atoms. The van der Waals surface area contributed by atoms with E-state index in [1.165, 1.54) is 12.1 Å². The summed E-state index contributed by atoms with van der Waals surface area (Å²) in [6, 6.07) is 3.34. The third kappa shape index (κ3) is 3.26. The van der Waals surface area contributed by atoms with Gasteiger partial charge in [-0.15, -0.1) is 0 Å². The molecule has 1 aliphatic rings. The highest BCUT2D eigenvalue weighted by Gasteiger charge is 2.20. The maximum Gasteiger partial charge on any atom is 0.226 e. The summed E-state index contributed by atoms with van der Waals surface area (Å²) < 4.78 is 26.0. The Morgan fingerprint density at radius 1 is 1.22 bits per heavy atom. The molecule has 1 heterocycles. The standard InChI is InChI=1S/C13H16F2N2O/c14-10-5-9(6-11(15)8-10)7-13(18)17-3-1-12(16)2-4-17/h5-6,8,12H,1-4,7,16H2. The van der Waals surface area contributed by atoms with Crippen molar-refractivity contribution in [1.29, 1.82) is 0 Å². The summed E-state index contributed by atoms with van der Waals surface area (Å²) in [5.74, 6) is -1.41. The Morgan fingerprint density at radius 3 is 2.33 bits per heavy atom. The Balaban J connectivity index is 1.98. The van der Waals surface area contributed by atoms with Crippen molar-refractivity contribution in [2.45, 2.75) is 25.3 Å². The molecule has 5 heteroatoms. The molecule has 2 rings (SSSR count). The van der Waals surface area contributed by atoms with Gasteiger partial charge in [-0.3, -0.25) is 4.79 Å². The number of halogens is 2. The van der Waals surface area contributed by atoms with Crippen molar-refractivity contribution in [1.82, 2.24) is 4.90 Å². The number of hydrogen-bond donors (Lipinski definition) is 1. The molecule has 0 atom stereocenters. The van der Waals surface area contributed by atoms with Gasteiger partial charge < -0.3 is 10.6 Å². The van der Waals surface area contributed by atoms with E-state index < -0.39 is 11.6 Å². The Hall–Kier alpha value is -1.49. The maximum absolute atomic E-state index is 13.0. The smallest absolute Gasteiger partial charge is 0.226 e. The highest BCUT2D eigenvalue weighted by atomic mass is 19.1. The van der Waals surface area contributed by atoms with E-state index in [9.17, 15) is 13.6 Å². The van der Waals surface area contributed by atoms with Crippen molar-refractivity contribution in [3.8, 4) is 0 Å². The van der Waals surface area contributed by atoms with E-state index in [1.54, 1.807) is 4.90 Å². The number of likely N-dealkylation sites (tertiary alicyclic amines) is 1. The minimum absolute atomic E-state index is 0.0317. The van der Waals surface area contributed by atoms with Crippen LogP contribution in [0, 0.1) is 11.6 Å². The number of piperidine rings is 1. The van der Waals surface area contributed by atoms with Crippen LogP contribution in [0.25, 0.3) is 0 Å². The molecule has 0 saturated carbocycles. The molecule has 0 aliphatic carbocycles. The lowest BCUT2D eigenvalue weighted by atomic mass is 10.0. The topological polar surface area (TPSA) is 46.3 Å². The Kier molecular flexibility index (Phi) is 3.91. The number of carbonyl (C=O) groups excluding carboxylic acids is 1. The number of nitrogens with two attached hydrogens (primary N) is 1. The van der Waals surface area contributed by atoms with Crippen molar-refractivity contribution < 1.29 is 13.6 Å². The van der Waals surface area contributed by atoms with Crippen LogP contribution in [0.2, 0.25) is 0 Å². The fourth-order valence-corrected chi connectivity index (χ4v) is 2.15. The Morgan fingerprint density at radius 2 is 1.78 bits per heavy atom. The monoisotopic (exact) mass is 254 g/mol. The van der Waals surface area contributed by atoms with Gasteiger partial charge in [0.15, 0.2) is 0 Å². The quantitative estimate of drug-likeness (QED) is 0.868. The molecule has 1 aromatic rings. The summed E-state index contributed by atoms with van der Waals surface area (Å²) in [6.07, 6.45) is 1.59. The number of hydrogen-bond acceptors (Lipinski definition) is 2. The molecule has 0 aromatic heterocycles. The second kappa shape index (κ2) is 5.44. The molecule has 1 fully saturated rings. The summed E-state index contributed by atoms with van der Waals surface area (Å²) in [4.78, 5) is 13.6.